The van der Waals surface area contributed by atoms with Gasteiger partial charge in [0.05, 0.1) is 4.47 Å². The van der Waals surface area contributed by atoms with E-state index in [9.17, 15) is 0 Å². The molecule has 2 rings (SSSR count). The van der Waals surface area contributed by atoms with Crippen LogP contribution in [0.15, 0.2) is 21.6 Å². The van der Waals surface area contributed by atoms with Crippen LogP contribution in [0.25, 0.3) is 5.78 Å². The predicted octanol–water partition coefficient (Wildman–Crippen LogP) is 1.65. The lowest BCUT2D eigenvalue weighted by atomic mass is 10.7. The molecule has 0 spiro atoms. The Labute approximate surface area is 78.9 Å². The van der Waals surface area contributed by atoms with E-state index in [0.29, 0.717) is 10.5 Å². The van der Waals surface area contributed by atoms with Crippen LogP contribution in [0.2, 0.25) is 0 Å². The monoisotopic (exact) mass is 276 g/mol. The maximum absolute atomic E-state index is 4.01. The predicted molar refractivity (Wildman–Crippen MR) is 46.2 cm³/mol. The van der Waals surface area contributed by atoms with E-state index >= 15 is 0 Å². The molecule has 2 aromatic heterocycles. The third kappa shape index (κ3) is 1.16. The molecule has 0 bridgehead atoms. The molecule has 0 aliphatic heterocycles. The molecule has 6 heteroatoms. The molecular weight excluding hydrogens is 276 g/mol. The first-order valence-corrected chi connectivity index (χ1v) is 4.38. The van der Waals surface area contributed by atoms with Crippen molar-refractivity contribution in [2.45, 2.75) is 0 Å². The van der Waals surface area contributed by atoms with Crippen LogP contribution in [0.4, 0.5) is 0 Å². The highest BCUT2D eigenvalue weighted by atomic mass is 79.9. The summed E-state index contributed by atoms with van der Waals surface area (Å²) in [4.78, 5) is 4.01. The normalized spacial score (nSPS) is 10.7. The number of halogens is 2. The Morgan fingerprint density at radius 3 is 2.91 bits per heavy atom. The van der Waals surface area contributed by atoms with Gasteiger partial charge in [-0.25, -0.2) is 4.98 Å². The molecule has 0 amide bonds. The van der Waals surface area contributed by atoms with Gasteiger partial charge in [0.2, 0.25) is 4.73 Å². The van der Waals surface area contributed by atoms with Gasteiger partial charge in [0.25, 0.3) is 5.78 Å². The van der Waals surface area contributed by atoms with Gasteiger partial charge in [-0.1, -0.05) is 0 Å². The first kappa shape index (κ1) is 7.17. The number of aromatic nitrogens is 4. The standard InChI is InChI=1S/C5H2Br2N4/c6-3-1-8-5-10-9-4(7)11(5)2-3/h1-2H. The molecule has 0 aromatic carbocycles. The van der Waals surface area contributed by atoms with Crippen molar-refractivity contribution in [3.63, 3.8) is 0 Å². The Balaban J connectivity index is 2.87. The Kier molecular flexibility index (Phi) is 1.65. The van der Waals surface area contributed by atoms with Crippen molar-refractivity contribution in [2.75, 3.05) is 0 Å². The van der Waals surface area contributed by atoms with Crippen LogP contribution in [0.5, 0.6) is 0 Å². The smallest absolute Gasteiger partial charge is 0.255 e. The third-order valence-corrected chi connectivity index (χ3v) is 2.14. The number of hydrogen-bond donors (Lipinski definition) is 0. The van der Waals surface area contributed by atoms with E-state index in [4.69, 9.17) is 0 Å². The molecule has 4 nitrogen and oxygen atoms in total. The van der Waals surface area contributed by atoms with Crippen LogP contribution < -0.4 is 0 Å². The van der Waals surface area contributed by atoms with Crippen LogP contribution in [-0.4, -0.2) is 19.6 Å². The number of nitrogens with zero attached hydrogens (tertiary/aromatic N) is 4. The SMILES string of the molecule is Brc1cnc2nnc(Br)n2c1. The molecule has 0 saturated carbocycles. The van der Waals surface area contributed by atoms with Crippen LogP contribution in [0, 0.1) is 0 Å². The van der Waals surface area contributed by atoms with Crippen molar-refractivity contribution in [1.29, 1.82) is 0 Å². The van der Waals surface area contributed by atoms with Crippen LogP contribution in [0.3, 0.4) is 0 Å². The van der Waals surface area contributed by atoms with Crippen LogP contribution in [-0.2, 0) is 0 Å². The molecule has 0 N–H and O–H groups in total. The lowest BCUT2D eigenvalue weighted by molar-refractivity contribution is 1.05. The summed E-state index contributed by atoms with van der Waals surface area (Å²) in [5, 5.41) is 7.58. The summed E-state index contributed by atoms with van der Waals surface area (Å²) in [6, 6.07) is 0. The van der Waals surface area contributed by atoms with Gasteiger partial charge < -0.3 is 0 Å². The largest absolute Gasteiger partial charge is 0.260 e. The molecule has 0 aliphatic carbocycles. The number of hydrogen-bond acceptors (Lipinski definition) is 3. The molecule has 0 fully saturated rings. The molecule has 0 unspecified atom stereocenters. The summed E-state index contributed by atoms with van der Waals surface area (Å²) in [6.07, 6.45) is 3.52. The van der Waals surface area contributed by atoms with E-state index in [1.165, 1.54) is 0 Å². The molecule has 2 heterocycles. The highest BCUT2D eigenvalue weighted by Gasteiger charge is 2.01. The van der Waals surface area contributed by atoms with Crippen molar-refractivity contribution in [3.8, 4) is 0 Å². The van der Waals surface area contributed by atoms with Gasteiger partial charge in [-0.3, -0.25) is 4.40 Å². The second-order valence-electron chi connectivity index (χ2n) is 1.91. The van der Waals surface area contributed by atoms with Crippen LogP contribution >= 0.6 is 31.9 Å². The Morgan fingerprint density at radius 1 is 1.27 bits per heavy atom. The minimum Gasteiger partial charge on any atom is -0.260 e. The van der Waals surface area contributed by atoms with Crippen molar-refractivity contribution >= 4 is 37.6 Å². The molecule has 0 aliphatic rings. The lowest BCUT2D eigenvalue weighted by Gasteiger charge is -1.91. The minimum atomic E-state index is 0.583. The van der Waals surface area contributed by atoms with E-state index in [0.717, 1.165) is 4.47 Å². The summed E-state index contributed by atoms with van der Waals surface area (Å²) in [6.45, 7) is 0. The molecule has 56 valence electrons. The average Bonchev–Trinajstić information content (AvgIpc) is 2.33. The van der Waals surface area contributed by atoms with E-state index in [-0.39, 0.29) is 0 Å². The van der Waals surface area contributed by atoms with Crippen molar-refractivity contribution in [1.82, 2.24) is 19.6 Å². The summed E-state index contributed by atoms with van der Waals surface area (Å²) < 4.78 is 3.29. The Hall–Kier alpha value is -0.490. The minimum absolute atomic E-state index is 0.583. The van der Waals surface area contributed by atoms with E-state index in [2.05, 4.69) is 47.0 Å². The fourth-order valence-electron chi connectivity index (χ4n) is 0.740. The van der Waals surface area contributed by atoms with E-state index < -0.39 is 0 Å². The third-order valence-electron chi connectivity index (χ3n) is 1.19. The fraction of sp³-hybridized carbons (Fsp3) is 0. The first-order chi connectivity index (χ1) is 5.27. The number of rotatable bonds is 0. The number of fused-ring (bicyclic) bond motifs is 1. The summed E-state index contributed by atoms with van der Waals surface area (Å²) in [5.74, 6) is 0.583. The molecule has 0 radical (unpaired) electrons. The molecular formula is C5H2Br2N4. The quantitative estimate of drug-likeness (QED) is 0.735. The molecule has 2 aromatic rings. The zero-order valence-corrected chi connectivity index (χ0v) is 8.37. The van der Waals surface area contributed by atoms with Gasteiger partial charge in [0.1, 0.15) is 0 Å². The van der Waals surface area contributed by atoms with Crippen molar-refractivity contribution in [3.05, 3.63) is 21.6 Å². The van der Waals surface area contributed by atoms with Gasteiger partial charge >= 0.3 is 0 Å². The van der Waals surface area contributed by atoms with Gasteiger partial charge in [-0.15, -0.1) is 10.2 Å². The topological polar surface area (TPSA) is 43.1 Å². The zero-order chi connectivity index (χ0) is 7.84. The van der Waals surface area contributed by atoms with Gasteiger partial charge in [0, 0.05) is 12.4 Å². The first-order valence-electron chi connectivity index (χ1n) is 2.79. The summed E-state index contributed by atoms with van der Waals surface area (Å²) >= 11 is 6.52. The summed E-state index contributed by atoms with van der Waals surface area (Å²) in [5.41, 5.74) is 0. The fourth-order valence-corrected chi connectivity index (χ4v) is 1.39. The Bertz CT molecular complexity index is 396. The van der Waals surface area contributed by atoms with E-state index in [1.807, 2.05) is 6.20 Å². The van der Waals surface area contributed by atoms with Gasteiger partial charge in [-0.05, 0) is 31.9 Å². The highest BCUT2D eigenvalue weighted by molar-refractivity contribution is 9.10. The summed E-state index contributed by atoms with van der Waals surface area (Å²) in [7, 11) is 0. The Morgan fingerprint density at radius 2 is 2.09 bits per heavy atom. The van der Waals surface area contributed by atoms with Crippen molar-refractivity contribution < 1.29 is 0 Å². The maximum Gasteiger partial charge on any atom is 0.255 e. The molecule has 11 heavy (non-hydrogen) atoms. The van der Waals surface area contributed by atoms with E-state index in [1.54, 1.807) is 10.6 Å². The molecule has 0 saturated heterocycles. The van der Waals surface area contributed by atoms with Gasteiger partial charge in [0.15, 0.2) is 0 Å². The average molecular weight is 278 g/mol. The highest BCUT2D eigenvalue weighted by Crippen LogP contribution is 2.12. The molecule has 0 atom stereocenters. The van der Waals surface area contributed by atoms with Gasteiger partial charge in [-0.2, -0.15) is 0 Å². The second-order valence-corrected chi connectivity index (χ2v) is 3.54. The maximum atomic E-state index is 4.01. The van der Waals surface area contributed by atoms with Crippen LogP contribution in [0.1, 0.15) is 0 Å². The second kappa shape index (κ2) is 2.53. The van der Waals surface area contributed by atoms with Crippen molar-refractivity contribution in [2.24, 2.45) is 0 Å². The lowest BCUT2D eigenvalue weighted by Crippen LogP contribution is -1.87. The zero-order valence-electron chi connectivity index (χ0n) is 5.20.